The second-order valence-corrected chi connectivity index (χ2v) is 4.64. The van der Waals surface area contributed by atoms with Crippen LogP contribution >= 0.6 is 15.9 Å². The highest BCUT2D eigenvalue weighted by Gasteiger charge is 2.21. The van der Waals surface area contributed by atoms with E-state index in [0.29, 0.717) is 10.9 Å². The van der Waals surface area contributed by atoms with Gasteiger partial charge in [0.1, 0.15) is 0 Å². The van der Waals surface area contributed by atoms with Gasteiger partial charge in [-0.25, -0.2) is 0 Å². The highest BCUT2D eigenvalue weighted by atomic mass is 79.9. The highest BCUT2D eigenvalue weighted by Crippen LogP contribution is 2.23. The monoisotopic (exact) mass is 233 g/mol. The number of carbonyl (C=O) groups excluding carboxylic acids is 1. The maximum atomic E-state index is 10.8. The molecule has 0 aromatic carbocycles. The minimum Gasteiger partial charge on any atom is -0.352 e. The molecule has 1 rings (SSSR count). The molecule has 0 saturated heterocycles. The van der Waals surface area contributed by atoms with Crippen LogP contribution in [0.3, 0.4) is 0 Å². The first kappa shape index (κ1) is 10.0. The number of hydrogen-bond acceptors (Lipinski definition) is 1. The second-order valence-electron chi connectivity index (χ2n) is 3.46. The third kappa shape index (κ3) is 3.13. The van der Waals surface area contributed by atoms with E-state index < -0.39 is 0 Å². The predicted octanol–water partition coefficient (Wildman–Crippen LogP) is 2.22. The van der Waals surface area contributed by atoms with E-state index in [-0.39, 0.29) is 5.91 Å². The minimum atomic E-state index is 0.0892. The van der Waals surface area contributed by atoms with Gasteiger partial charge >= 0.3 is 0 Å². The first-order valence-corrected chi connectivity index (χ1v) is 5.53. The van der Waals surface area contributed by atoms with Crippen LogP contribution in [0.25, 0.3) is 0 Å². The number of alkyl halides is 1. The van der Waals surface area contributed by atoms with Gasteiger partial charge in [0.25, 0.3) is 0 Å². The summed E-state index contributed by atoms with van der Waals surface area (Å²) >= 11 is 3.62. The van der Waals surface area contributed by atoms with E-state index in [1.54, 1.807) is 6.92 Å². The highest BCUT2D eigenvalue weighted by molar-refractivity contribution is 9.09. The summed E-state index contributed by atoms with van der Waals surface area (Å²) in [6, 6.07) is 0.352. The lowest BCUT2D eigenvalue weighted by Crippen LogP contribution is -2.38. The van der Waals surface area contributed by atoms with Gasteiger partial charge in [0, 0.05) is 17.8 Å². The third-order valence-electron chi connectivity index (χ3n) is 2.32. The molecule has 0 bridgehead atoms. The molecule has 1 fully saturated rings. The largest absolute Gasteiger partial charge is 0.352 e. The topological polar surface area (TPSA) is 29.1 Å². The fraction of sp³-hybridized carbons (Fsp3) is 0.889. The van der Waals surface area contributed by atoms with Crippen molar-refractivity contribution >= 4 is 21.8 Å². The van der Waals surface area contributed by atoms with Crippen LogP contribution in [0.1, 0.15) is 39.0 Å². The van der Waals surface area contributed by atoms with E-state index in [2.05, 4.69) is 21.2 Å². The van der Waals surface area contributed by atoms with Gasteiger partial charge in [-0.15, -0.1) is 0 Å². The smallest absolute Gasteiger partial charge is 0.217 e. The van der Waals surface area contributed by atoms with Crippen molar-refractivity contribution in [1.82, 2.24) is 5.32 Å². The van der Waals surface area contributed by atoms with Crippen molar-refractivity contribution in [3.05, 3.63) is 0 Å². The molecule has 70 valence electrons. The quantitative estimate of drug-likeness (QED) is 0.547. The summed E-state index contributed by atoms with van der Waals surface area (Å²) in [5.41, 5.74) is 0. The van der Waals surface area contributed by atoms with Gasteiger partial charge in [-0.1, -0.05) is 35.2 Å². The molecular formula is C9H16BrNO. The molecule has 1 saturated carbocycles. The fourth-order valence-corrected chi connectivity index (χ4v) is 2.41. The van der Waals surface area contributed by atoms with Crippen molar-refractivity contribution in [2.45, 2.75) is 49.9 Å². The first-order chi connectivity index (χ1) is 5.70. The Labute approximate surface area is 82.2 Å². The number of nitrogens with one attached hydrogen (secondary N) is 1. The van der Waals surface area contributed by atoms with Gasteiger partial charge < -0.3 is 5.32 Å². The Kier molecular flexibility index (Phi) is 4.06. The molecule has 0 radical (unpaired) electrons. The van der Waals surface area contributed by atoms with Crippen LogP contribution in [0.2, 0.25) is 0 Å². The molecule has 0 unspecified atom stereocenters. The van der Waals surface area contributed by atoms with Gasteiger partial charge in [-0.2, -0.15) is 0 Å². The molecule has 0 aromatic heterocycles. The first-order valence-electron chi connectivity index (χ1n) is 4.61. The third-order valence-corrected chi connectivity index (χ3v) is 3.42. The van der Waals surface area contributed by atoms with Gasteiger partial charge in [-0.3, -0.25) is 4.79 Å². The molecule has 1 N–H and O–H groups in total. The lowest BCUT2D eigenvalue weighted by Gasteiger charge is -2.20. The van der Waals surface area contributed by atoms with Crippen LogP contribution in [0.4, 0.5) is 0 Å². The molecule has 1 amide bonds. The lowest BCUT2D eigenvalue weighted by atomic mass is 10.1. The maximum Gasteiger partial charge on any atom is 0.217 e. The normalized spacial score (nSPS) is 30.8. The minimum absolute atomic E-state index is 0.0892. The van der Waals surface area contributed by atoms with Gasteiger partial charge in [0.15, 0.2) is 0 Å². The van der Waals surface area contributed by atoms with Crippen molar-refractivity contribution in [1.29, 1.82) is 0 Å². The summed E-state index contributed by atoms with van der Waals surface area (Å²) in [5, 5.41) is 2.99. The van der Waals surface area contributed by atoms with Gasteiger partial charge in [-0.05, 0) is 12.8 Å². The molecule has 0 aromatic rings. The molecule has 2 nitrogen and oxygen atoms in total. The molecule has 2 atom stereocenters. The second kappa shape index (κ2) is 4.85. The lowest BCUT2D eigenvalue weighted by molar-refractivity contribution is -0.119. The number of rotatable bonds is 1. The van der Waals surface area contributed by atoms with Crippen molar-refractivity contribution in [2.24, 2.45) is 0 Å². The zero-order chi connectivity index (χ0) is 8.97. The van der Waals surface area contributed by atoms with E-state index in [1.165, 1.54) is 25.7 Å². The Morgan fingerprint density at radius 1 is 1.33 bits per heavy atom. The summed E-state index contributed by atoms with van der Waals surface area (Å²) in [5.74, 6) is 0.0892. The summed E-state index contributed by atoms with van der Waals surface area (Å²) in [4.78, 5) is 11.3. The fourth-order valence-electron chi connectivity index (χ4n) is 1.69. The number of hydrogen-bond donors (Lipinski definition) is 1. The predicted molar refractivity (Wildman–Crippen MR) is 53.4 cm³/mol. The summed E-state index contributed by atoms with van der Waals surface area (Å²) < 4.78 is 0. The van der Waals surface area contributed by atoms with Crippen LogP contribution < -0.4 is 5.32 Å². The maximum absolute atomic E-state index is 10.8. The molecule has 1 aliphatic rings. The SMILES string of the molecule is CC(=O)N[C@H]1CCCCC[C@@H]1Br. The van der Waals surface area contributed by atoms with Crippen LogP contribution in [-0.2, 0) is 4.79 Å². The molecular weight excluding hydrogens is 218 g/mol. The van der Waals surface area contributed by atoms with Crippen LogP contribution in [0.15, 0.2) is 0 Å². The molecule has 0 spiro atoms. The zero-order valence-corrected chi connectivity index (χ0v) is 9.06. The number of halogens is 1. The summed E-state index contributed by atoms with van der Waals surface area (Å²) in [7, 11) is 0. The Bertz CT molecular complexity index is 161. The zero-order valence-electron chi connectivity index (χ0n) is 7.48. The Balaban J connectivity index is 2.41. The standard InChI is InChI=1S/C9H16BrNO/c1-7(12)11-9-6-4-2-3-5-8(9)10/h8-9H,2-6H2,1H3,(H,11,12)/t8-,9-/m0/s1. The van der Waals surface area contributed by atoms with Crippen molar-refractivity contribution < 1.29 is 4.79 Å². The molecule has 0 aliphatic heterocycles. The van der Waals surface area contributed by atoms with Crippen molar-refractivity contribution in [3.8, 4) is 0 Å². The van der Waals surface area contributed by atoms with Gasteiger partial charge in [0.2, 0.25) is 5.91 Å². The van der Waals surface area contributed by atoms with E-state index in [4.69, 9.17) is 0 Å². The summed E-state index contributed by atoms with van der Waals surface area (Å²) in [6.45, 7) is 1.59. The van der Waals surface area contributed by atoms with E-state index in [9.17, 15) is 4.79 Å². The molecule has 0 heterocycles. The molecule has 1 aliphatic carbocycles. The van der Waals surface area contributed by atoms with Crippen LogP contribution in [0.5, 0.6) is 0 Å². The summed E-state index contributed by atoms with van der Waals surface area (Å²) in [6.07, 6.45) is 6.14. The van der Waals surface area contributed by atoms with Crippen molar-refractivity contribution in [3.63, 3.8) is 0 Å². The molecule has 3 heteroatoms. The Hall–Kier alpha value is -0.0500. The van der Waals surface area contributed by atoms with E-state index >= 15 is 0 Å². The molecule has 12 heavy (non-hydrogen) atoms. The van der Waals surface area contributed by atoms with Crippen molar-refractivity contribution in [2.75, 3.05) is 0 Å². The van der Waals surface area contributed by atoms with Crippen LogP contribution in [-0.4, -0.2) is 16.8 Å². The van der Waals surface area contributed by atoms with E-state index in [0.717, 1.165) is 6.42 Å². The van der Waals surface area contributed by atoms with Gasteiger partial charge in [0.05, 0.1) is 0 Å². The Morgan fingerprint density at radius 3 is 2.67 bits per heavy atom. The van der Waals surface area contributed by atoms with Crippen LogP contribution in [0, 0.1) is 0 Å². The number of carbonyl (C=O) groups is 1. The number of amides is 1. The Morgan fingerprint density at radius 2 is 2.00 bits per heavy atom. The van der Waals surface area contributed by atoms with E-state index in [1.807, 2.05) is 0 Å². The average molecular weight is 234 g/mol. The average Bonchev–Trinajstić information content (AvgIpc) is 2.16.